The van der Waals surface area contributed by atoms with Crippen LogP contribution in [0.5, 0.6) is 5.88 Å². The maximum atomic E-state index is 12.4. The molecule has 1 aliphatic rings. The third-order valence-electron chi connectivity index (χ3n) is 3.91. The van der Waals surface area contributed by atoms with E-state index >= 15 is 0 Å². The minimum absolute atomic E-state index is 0.00182. The molecule has 1 aromatic heterocycles. The van der Waals surface area contributed by atoms with Gasteiger partial charge in [-0.05, 0) is 40.5 Å². The minimum Gasteiger partial charge on any atom is -0.472 e. The number of hydrogen-bond donors (Lipinski definition) is 0. The van der Waals surface area contributed by atoms with Crippen molar-refractivity contribution in [3.05, 3.63) is 17.6 Å². The fourth-order valence-electron chi connectivity index (χ4n) is 2.82. The summed E-state index contributed by atoms with van der Waals surface area (Å²) >= 11 is 0. The molecule has 1 aromatic rings. The number of rotatable bonds is 4. The molecule has 122 valence electrons. The van der Waals surface area contributed by atoms with E-state index in [0.717, 1.165) is 38.2 Å². The Hall–Kier alpha value is -1.85. The maximum Gasteiger partial charge on any atom is 0.320 e. The zero-order valence-electron chi connectivity index (χ0n) is 14.0. The van der Waals surface area contributed by atoms with Crippen molar-refractivity contribution in [1.82, 2.24) is 19.8 Å². The minimum atomic E-state index is 0.00182. The fraction of sp³-hybridized carbons (Fsp3) is 0.688. The highest BCUT2D eigenvalue weighted by Crippen LogP contribution is 2.18. The highest BCUT2D eigenvalue weighted by atomic mass is 16.5. The van der Waals surface area contributed by atoms with Crippen molar-refractivity contribution >= 4 is 6.03 Å². The van der Waals surface area contributed by atoms with Gasteiger partial charge in [-0.3, -0.25) is 0 Å². The van der Waals surface area contributed by atoms with E-state index in [4.69, 9.17) is 4.74 Å². The van der Waals surface area contributed by atoms with Crippen LogP contribution < -0.4 is 4.74 Å². The molecule has 1 fully saturated rings. The molecule has 2 heterocycles. The van der Waals surface area contributed by atoms with E-state index in [-0.39, 0.29) is 12.1 Å². The Bertz CT molecular complexity index is 497. The maximum absolute atomic E-state index is 12.4. The molecule has 1 atom stereocenters. The number of likely N-dealkylation sites (tertiary alicyclic amines) is 1. The number of carbonyl (C=O) groups is 1. The van der Waals surface area contributed by atoms with Crippen molar-refractivity contribution in [3.63, 3.8) is 0 Å². The van der Waals surface area contributed by atoms with Gasteiger partial charge in [0.25, 0.3) is 0 Å². The number of amides is 2. The first-order chi connectivity index (χ1) is 10.5. The Labute approximate surface area is 132 Å². The van der Waals surface area contributed by atoms with Crippen LogP contribution in [-0.4, -0.2) is 58.1 Å². The molecule has 6 heteroatoms. The number of nitrogens with zero attached hydrogens (tertiary/aromatic N) is 4. The number of piperidine rings is 1. The molecule has 0 aliphatic carbocycles. The highest BCUT2D eigenvalue weighted by Gasteiger charge is 2.27. The molecule has 22 heavy (non-hydrogen) atoms. The molecular weight excluding hydrogens is 280 g/mol. The van der Waals surface area contributed by atoms with Gasteiger partial charge in [0.2, 0.25) is 5.88 Å². The summed E-state index contributed by atoms with van der Waals surface area (Å²) in [5, 5.41) is 0. The van der Waals surface area contributed by atoms with Gasteiger partial charge in [-0.2, -0.15) is 4.98 Å². The summed E-state index contributed by atoms with van der Waals surface area (Å²) in [6.45, 7) is 10.7. The average molecular weight is 306 g/mol. The number of ether oxygens (including phenoxy) is 1. The van der Waals surface area contributed by atoms with Gasteiger partial charge < -0.3 is 14.5 Å². The number of hydrogen-bond acceptors (Lipinski definition) is 4. The van der Waals surface area contributed by atoms with E-state index in [0.29, 0.717) is 18.2 Å². The van der Waals surface area contributed by atoms with E-state index in [2.05, 4.69) is 9.97 Å². The first kappa shape index (κ1) is 16.5. The van der Waals surface area contributed by atoms with E-state index < -0.39 is 0 Å². The molecule has 0 N–H and O–H groups in total. The zero-order chi connectivity index (χ0) is 16.1. The van der Waals surface area contributed by atoms with E-state index in [1.165, 1.54) is 0 Å². The third kappa shape index (κ3) is 4.08. The standard InChI is InChI=1S/C16H26N4O2/c1-5-19(6-2)16(21)20-9-7-8-14(11-20)22-15-10-12(3)17-13(4)18-15/h10,14H,5-9,11H2,1-4H3. The monoisotopic (exact) mass is 306 g/mol. The number of carbonyl (C=O) groups excluding carboxylic acids is 1. The normalized spacial score (nSPS) is 18.2. The molecule has 1 aliphatic heterocycles. The Morgan fingerprint density at radius 2 is 2.09 bits per heavy atom. The van der Waals surface area contributed by atoms with Crippen LogP contribution in [0, 0.1) is 13.8 Å². The Morgan fingerprint density at radius 3 is 2.73 bits per heavy atom. The van der Waals surface area contributed by atoms with Crippen molar-refractivity contribution in [1.29, 1.82) is 0 Å². The lowest BCUT2D eigenvalue weighted by Crippen LogP contribution is -2.50. The van der Waals surface area contributed by atoms with Crippen molar-refractivity contribution in [3.8, 4) is 5.88 Å². The van der Waals surface area contributed by atoms with Crippen LogP contribution >= 0.6 is 0 Å². The topological polar surface area (TPSA) is 58.6 Å². The van der Waals surface area contributed by atoms with Gasteiger partial charge >= 0.3 is 6.03 Å². The molecule has 0 spiro atoms. The number of urea groups is 1. The zero-order valence-corrected chi connectivity index (χ0v) is 14.0. The van der Waals surface area contributed by atoms with Gasteiger partial charge in [-0.25, -0.2) is 9.78 Å². The predicted octanol–water partition coefficient (Wildman–Crippen LogP) is 2.40. The Balaban J connectivity index is 1.99. The summed E-state index contributed by atoms with van der Waals surface area (Å²) in [6.07, 6.45) is 1.91. The Kier molecular flexibility index (Phi) is 5.57. The lowest BCUT2D eigenvalue weighted by molar-refractivity contribution is 0.0834. The van der Waals surface area contributed by atoms with Gasteiger partial charge in [-0.1, -0.05) is 0 Å². The molecule has 0 bridgehead atoms. The number of aromatic nitrogens is 2. The second-order valence-electron chi connectivity index (χ2n) is 5.68. The molecule has 2 rings (SSSR count). The van der Waals surface area contributed by atoms with Crippen LogP contribution in [-0.2, 0) is 0 Å². The first-order valence-corrected chi connectivity index (χ1v) is 8.06. The summed E-state index contributed by atoms with van der Waals surface area (Å²) in [7, 11) is 0. The van der Waals surface area contributed by atoms with Gasteiger partial charge in [-0.15, -0.1) is 0 Å². The predicted molar refractivity (Wildman–Crippen MR) is 85.0 cm³/mol. The van der Waals surface area contributed by atoms with E-state index in [1.807, 2.05) is 43.6 Å². The Morgan fingerprint density at radius 1 is 1.36 bits per heavy atom. The van der Waals surface area contributed by atoms with Gasteiger partial charge in [0.05, 0.1) is 6.54 Å². The third-order valence-corrected chi connectivity index (χ3v) is 3.91. The van der Waals surface area contributed by atoms with Crippen LogP contribution in [0.25, 0.3) is 0 Å². The quantitative estimate of drug-likeness (QED) is 0.857. The summed E-state index contributed by atoms with van der Waals surface area (Å²) < 4.78 is 5.98. The van der Waals surface area contributed by atoms with Crippen molar-refractivity contribution in [2.45, 2.75) is 46.6 Å². The summed E-state index contributed by atoms with van der Waals surface area (Å²) in [5.74, 6) is 1.31. The first-order valence-electron chi connectivity index (χ1n) is 8.06. The van der Waals surface area contributed by atoms with Crippen LogP contribution in [0.3, 0.4) is 0 Å². The molecule has 1 unspecified atom stereocenters. The second kappa shape index (κ2) is 7.42. The van der Waals surface area contributed by atoms with Crippen molar-refractivity contribution in [2.75, 3.05) is 26.2 Å². The summed E-state index contributed by atoms with van der Waals surface area (Å²) in [6, 6.07) is 1.95. The fourth-order valence-corrected chi connectivity index (χ4v) is 2.82. The molecule has 6 nitrogen and oxygen atoms in total. The van der Waals surface area contributed by atoms with Gasteiger partial charge in [0.1, 0.15) is 11.9 Å². The van der Waals surface area contributed by atoms with Gasteiger partial charge in [0, 0.05) is 31.4 Å². The highest BCUT2D eigenvalue weighted by molar-refractivity contribution is 5.74. The van der Waals surface area contributed by atoms with Crippen LogP contribution in [0.2, 0.25) is 0 Å². The van der Waals surface area contributed by atoms with Crippen molar-refractivity contribution in [2.24, 2.45) is 0 Å². The lowest BCUT2D eigenvalue weighted by atomic mass is 10.1. The molecular formula is C16H26N4O2. The molecule has 0 aromatic carbocycles. The van der Waals surface area contributed by atoms with Crippen LogP contribution in [0.4, 0.5) is 4.79 Å². The van der Waals surface area contributed by atoms with Gasteiger partial charge in [0.15, 0.2) is 0 Å². The van der Waals surface area contributed by atoms with Crippen LogP contribution in [0.1, 0.15) is 38.2 Å². The SMILES string of the molecule is CCN(CC)C(=O)N1CCCC(Oc2cc(C)nc(C)n2)C1. The van der Waals surface area contributed by atoms with Crippen LogP contribution in [0.15, 0.2) is 6.07 Å². The summed E-state index contributed by atoms with van der Waals surface area (Å²) in [5.41, 5.74) is 0.898. The second-order valence-corrected chi connectivity index (χ2v) is 5.68. The molecule has 0 saturated carbocycles. The summed E-state index contributed by atoms with van der Waals surface area (Å²) in [4.78, 5) is 24.7. The van der Waals surface area contributed by atoms with E-state index in [9.17, 15) is 4.79 Å². The van der Waals surface area contributed by atoms with E-state index in [1.54, 1.807) is 0 Å². The molecule has 1 saturated heterocycles. The molecule has 2 amide bonds. The number of aryl methyl sites for hydroxylation is 2. The smallest absolute Gasteiger partial charge is 0.320 e. The largest absolute Gasteiger partial charge is 0.472 e. The van der Waals surface area contributed by atoms with Crippen molar-refractivity contribution < 1.29 is 9.53 Å². The average Bonchev–Trinajstić information content (AvgIpc) is 2.47. The lowest BCUT2D eigenvalue weighted by Gasteiger charge is -2.35. The molecule has 0 radical (unpaired) electrons.